The summed E-state index contributed by atoms with van der Waals surface area (Å²) in [7, 11) is 3.11. The molecule has 0 aliphatic heterocycles. The quantitative estimate of drug-likeness (QED) is 0.447. The van der Waals surface area contributed by atoms with Crippen LogP contribution in [0.3, 0.4) is 0 Å². The Labute approximate surface area is 182 Å². The average molecular weight is 438 g/mol. The third kappa shape index (κ3) is 4.43. The molecule has 0 aliphatic carbocycles. The van der Waals surface area contributed by atoms with Crippen LogP contribution in [0.5, 0.6) is 17.4 Å². The Morgan fingerprint density at radius 3 is 2.78 bits per heavy atom. The Kier molecular flexibility index (Phi) is 6.11. The van der Waals surface area contributed by atoms with Crippen molar-refractivity contribution in [2.24, 2.45) is 0 Å². The van der Waals surface area contributed by atoms with Crippen molar-refractivity contribution in [2.75, 3.05) is 20.8 Å². The molecule has 0 bridgehead atoms. The van der Waals surface area contributed by atoms with E-state index in [2.05, 4.69) is 20.4 Å². The van der Waals surface area contributed by atoms with Gasteiger partial charge in [-0.2, -0.15) is 4.98 Å². The fourth-order valence-corrected chi connectivity index (χ4v) is 3.10. The summed E-state index contributed by atoms with van der Waals surface area (Å²) in [5.41, 5.74) is 1.70. The number of rotatable bonds is 8. The topological polar surface area (TPSA) is 109 Å². The number of nitrogens with zero attached hydrogens (tertiary/aromatic N) is 3. The Hall–Kier alpha value is -4.21. The number of benzene rings is 2. The van der Waals surface area contributed by atoms with Crippen molar-refractivity contribution in [3.63, 3.8) is 0 Å². The maximum Gasteiger partial charge on any atom is 0.265 e. The van der Waals surface area contributed by atoms with Gasteiger partial charge in [0.2, 0.25) is 5.88 Å². The van der Waals surface area contributed by atoms with Crippen molar-refractivity contribution >= 4 is 17.0 Å². The SMILES string of the molecule is COc1ccc(OC)c(CNC(=O)COc2ncnc3onc(-c4cccc(F)c4)c23)c1. The molecule has 4 rings (SSSR count). The minimum absolute atomic E-state index is 0.102. The lowest BCUT2D eigenvalue weighted by atomic mass is 10.1. The van der Waals surface area contributed by atoms with Crippen LogP contribution in [0.4, 0.5) is 4.39 Å². The maximum atomic E-state index is 13.6. The van der Waals surface area contributed by atoms with E-state index >= 15 is 0 Å². The van der Waals surface area contributed by atoms with Gasteiger partial charge in [0.1, 0.15) is 34.7 Å². The van der Waals surface area contributed by atoms with E-state index in [-0.39, 0.29) is 30.7 Å². The van der Waals surface area contributed by atoms with Gasteiger partial charge in [-0.15, -0.1) is 0 Å². The Bertz CT molecular complexity index is 1260. The highest BCUT2D eigenvalue weighted by Gasteiger charge is 2.19. The summed E-state index contributed by atoms with van der Waals surface area (Å²) in [6.07, 6.45) is 1.23. The summed E-state index contributed by atoms with van der Waals surface area (Å²) >= 11 is 0. The van der Waals surface area contributed by atoms with Gasteiger partial charge in [-0.3, -0.25) is 4.79 Å². The zero-order valence-corrected chi connectivity index (χ0v) is 17.3. The molecule has 0 spiro atoms. The van der Waals surface area contributed by atoms with Crippen LogP contribution >= 0.6 is 0 Å². The van der Waals surface area contributed by atoms with Gasteiger partial charge < -0.3 is 24.1 Å². The highest BCUT2D eigenvalue weighted by Crippen LogP contribution is 2.32. The summed E-state index contributed by atoms with van der Waals surface area (Å²) in [6, 6.07) is 11.2. The molecule has 9 nitrogen and oxygen atoms in total. The van der Waals surface area contributed by atoms with E-state index in [4.69, 9.17) is 18.7 Å². The van der Waals surface area contributed by atoms with Crippen molar-refractivity contribution in [3.8, 4) is 28.6 Å². The van der Waals surface area contributed by atoms with E-state index < -0.39 is 5.82 Å². The lowest BCUT2D eigenvalue weighted by Crippen LogP contribution is -2.28. The number of nitrogens with one attached hydrogen (secondary N) is 1. The van der Waals surface area contributed by atoms with Gasteiger partial charge in [-0.25, -0.2) is 9.37 Å². The number of hydrogen-bond acceptors (Lipinski definition) is 8. The minimum Gasteiger partial charge on any atom is -0.497 e. The summed E-state index contributed by atoms with van der Waals surface area (Å²) in [5, 5.41) is 7.06. The van der Waals surface area contributed by atoms with Crippen molar-refractivity contribution < 1.29 is 27.9 Å². The zero-order valence-electron chi connectivity index (χ0n) is 17.3. The second-order valence-corrected chi connectivity index (χ2v) is 6.64. The molecule has 0 atom stereocenters. The van der Waals surface area contributed by atoms with Crippen LogP contribution in [0.25, 0.3) is 22.4 Å². The van der Waals surface area contributed by atoms with Gasteiger partial charge in [-0.05, 0) is 30.3 Å². The number of amides is 1. The van der Waals surface area contributed by atoms with Gasteiger partial charge in [-0.1, -0.05) is 17.3 Å². The molecule has 1 N–H and O–H groups in total. The molecule has 0 aliphatic rings. The molecular weight excluding hydrogens is 419 g/mol. The molecule has 0 unspecified atom stereocenters. The first-order valence-corrected chi connectivity index (χ1v) is 9.55. The van der Waals surface area contributed by atoms with Gasteiger partial charge in [0.05, 0.1) is 14.2 Å². The molecule has 0 radical (unpaired) electrons. The Balaban J connectivity index is 1.48. The smallest absolute Gasteiger partial charge is 0.265 e. The van der Waals surface area contributed by atoms with Gasteiger partial charge in [0.25, 0.3) is 11.6 Å². The number of carbonyl (C=O) groups is 1. The lowest BCUT2D eigenvalue weighted by Gasteiger charge is -2.12. The van der Waals surface area contributed by atoms with Crippen LogP contribution in [0.2, 0.25) is 0 Å². The van der Waals surface area contributed by atoms with E-state index in [1.54, 1.807) is 44.6 Å². The Morgan fingerprint density at radius 2 is 2.00 bits per heavy atom. The molecule has 2 heterocycles. The van der Waals surface area contributed by atoms with E-state index in [0.29, 0.717) is 28.1 Å². The van der Waals surface area contributed by atoms with Crippen LogP contribution in [0.1, 0.15) is 5.56 Å². The largest absolute Gasteiger partial charge is 0.497 e. The van der Waals surface area contributed by atoms with Gasteiger partial charge >= 0.3 is 0 Å². The zero-order chi connectivity index (χ0) is 22.5. The fourth-order valence-electron chi connectivity index (χ4n) is 3.10. The number of fused-ring (bicyclic) bond motifs is 1. The first kappa shape index (κ1) is 21.0. The highest BCUT2D eigenvalue weighted by atomic mass is 19.1. The molecule has 0 saturated carbocycles. The molecular formula is C22H19FN4O5. The monoisotopic (exact) mass is 438 g/mol. The summed E-state index contributed by atoms with van der Waals surface area (Å²) in [5.74, 6) is 0.557. The molecule has 2 aromatic heterocycles. The lowest BCUT2D eigenvalue weighted by molar-refractivity contribution is -0.123. The van der Waals surface area contributed by atoms with Crippen molar-refractivity contribution in [1.82, 2.24) is 20.4 Å². The fraction of sp³-hybridized carbons (Fsp3) is 0.182. The summed E-state index contributed by atoms with van der Waals surface area (Å²) in [4.78, 5) is 20.5. The molecule has 4 aromatic rings. The molecule has 164 valence electrons. The molecule has 0 fully saturated rings. The molecule has 0 saturated heterocycles. The molecule has 2 aromatic carbocycles. The van der Waals surface area contributed by atoms with Crippen LogP contribution in [0.15, 0.2) is 53.3 Å². The van der Waals surface area contributed by atoms with E-state index in [0.717, 1.165) is 5.56 Å². The summed E-state index contributed by atoms with van der Waals surface area (Å²) < 4.78 is 35.0. The van der Waals surface area contributed by atoms with Crippen molar-refractivity contribution in [1.29, 1.82) is 0 Å². The van der Waals surface area contributed by atoms with Crippen LogP contribution in [-0.4, -0.2) is 41.9 Å². The predicted molar refractivity (Wildman–Crippen MR) is 112 cm³/mol. The minimum atomic E-state index is -0.426. The number of methoxy groups -OCH3 is 2. The number of halogens is 1. The normalized spacial score (nSPS) is 10.7. The van der Waals surface area contributed by atoms with Crippen molar-refractivity contribution in [2.45, 2.75) is 6.54 Å². The second-order valence-electron chi connectivity index (χ2n) is 6.64. The van der Waals surface area contributed by atoms with Gasteiger partial charge in [0, 0.05) is 17.7 Å². The second kappa shape index (κ2) is 9.29. The third-order valence-corrected chi connectivity index (χ3v) is 4.64. The standard InChI is InChI=1S/C22H19FN4O5/c1-29-16-6-7-17(30-2)14(9-16)10-24-18(28)11-31-21-19-20(13-4-3-5-15(23)8-13)27-32-22(19)26-12-25-21/h3-9,12H,10-11H2,1-2H3,(H,24,28). The summed E-state index contributed by atoms with van der Waals surface area (Å²) in [6.45, 7) is -0.101. The first-order chi connectivity index (χ1) is 15.6. The maximum absolute atomic E-state index is 13.6. The predicted octanol–water partition coefficient (Wildman–Crippen LogP) is 3.14. The molecule has 10 heteroatoms. The Morgan fingerprint density at radius 1 is 1.12 bits per heavy atom. The molecule has 32 heavy (non-hydrogen) atoms. The van der Waals surface area contributed by atoms with E-state index in [1.807, 2.05) is 0 Å². The molecule has 1 amide bonds. The van der Waals surface area contributed by atoms with E-state index in [9.17, 15) is 9.18 Å². The average Bonchev–Trinajstić information content (AvgIpc) is 3.26. The van der Waals surface area contributed by atoms with Crippen LogP contribution in [0, 0.1) is 5.82 Å². The van der Waals surface area contributed by atoms with E-state index in [1.165, 1.54) is 18.5 Å². The number of ether oxygens (including phenoxy) is 3. The van der Waals surface area contributed by atoms with Gasteiger partial charge in [0.15, 0.2) is 6.61 Å². The van der Waals surface area contributed by atoms with Crippen LogP contribution in [-0.2, 0) is 11.3 Å². The number of aromatic nitrogens is 3. The van der Waals surface area contributed by atoms with Crippen LogP contribution < -0.4 is 19.5 Å². The van der Waals surface area contributed by atoms with Crippen molar-refractivity contribution in [3.05, 3.63) is 60.2 Å². The number of hydrogen-bond donors (Lipinski definition) is 1. The first-order valence-electron chi connectivity index (χ1n) is 9.55. The number of carbonyl (C=O) groups excluding carboxylic acids is 1. The third-order valence-electron chi connectivity index (χ3n) is 4.64. The highest BCUT2D eigenvalue weighted by molar-refractivity contribution is 5.93.